The first-order chi connectivity index (χ1) is 8.85. The largest absolute Gasteiger partial charge is 0.444 e. The van der Waals surface area contributed by atoms with Gasteiger partial charge in [0.05, 0.1) is 6.54 Å². The minimum absolute atomic E-state index is 0.0142. The van der Waals surface area contributed by atoms with Gasteiger partial charge in [0.15, 0.2) is 0 Å². The van der Waals surface area contributed by atoms with Gasteiger partial charge in [-0.2, -0.15) is 0 Å². The lowest BCUT2D eigenvalue weighted by atomic mass is 10.2. The van der Waals surface area contributed by atoms with E-state index in [1.54, 1.807) is 20.8 Å². The van der Waals surface area contributed by atoms with Crippen LogP contribution in [-0.4, -0.2) is 43.6 Å². The van der Waals surface area contributed by atoms with Crippen molar-refractivity contribution in [1.82, 2.24) is 16.0 Å². The number of hydrogen-bond acceptors (Lipinski definition) is 4. The number of alkyl carbamates (subject to hydrolysis) is 1. The molecule has 0 heterocycles. The molecule has 0 aromatic carbocycles. The van der Waals surface area contributed by atoms with E-state index in [0.29, 0.717) is 19.5 Å². The number of unbranched alkanes of at least 4 members (excludes halogenated alkanes) is 1. The van der Waals surface area contributed by atoms with Gasteiger partial charge in [-0.25, -0.2) is 4.79 Å². The second kappa shape index (κ2) is 9.18. The Morgan fingerprint density at radius 1 is 1.11 bits per heavy atom. The molecule has 19 heavy (non-hydrogen) atoms. The van der Waals surface area contributed by atoms with Crippen LogP contribution in [0.4, 0.5) is 4.79 Å². The number of rotatable bonds is 8. The SMILES string of the molecule is CC(C)(C)OC(=O)NCCCCNC(=O)CNC=O. The smallest absolute Gasteiger partial charge is 0.407 e. The Morgan fingerprint density at radius 2 is 1.68 bits per heavy atom. The van der Waals surface area contributed by atoms with Crippen LogP contribution in [0.1, 0.15) is 33.6 Å². The summed E-state index contributed by atoms with van der Waals surface area (Å²) in [4.78, 5) is 32.3. The summed E-state index contributed by atoms with van der Waals surface area (Å²) in [7, 11) is 0. The van der Waals surface area contributed by atoms with E-state index >= 15 is 0 Å². The molecule has 110 valence electrons. The van der Waals surface area contributed by atoms with E-state index in [2.05, 4.69) is 16.0 Å². The lowest BCUT2D eigenvalue weighted by Crippen LogP contribution is -2.35. The van der Waals surface area contributed by atoms with Crippen LogP contribution in [0.3, 0.4) is 0 Å². The Bertz CT molecular complexity index is 300. The third-order valence-electron chi connectivity index (χ3n) is 1.94. The second-order valence-electron chi connectivity index (χ2n) is 4.98. The van der Waals surface area contributed by atoms with Crippen molar-refractivity contribution in [2.75, 3.05) is 19.6 Å². The number of ether oxygens (including phenoxy) is 1. The Hall–Kier alpha value is -1.79. The van der Waals surface area contributed by atoms with Gasteiger partial charge < -0.3 is 20.7 Å². The molecule has 0 aliphatic heterocycles. The fourth-order valence-electron chi connectivity index (χ4n) is 1.18. The van der Waals surface area contributed by atoms with Gasteiger partial charge in [0, 0.05) is 13.1 Å². The number of carbonyl (C=O) groups excluding carboxylic acids is 3. The molecule has 0 saturated carbocycles. The molecule has 0 radical (unpaired) electrons. The Morgan fingerprint density at radius 3 is 2.21 bits per heavy atom. The predicted molar refractivity (Wildman–Crippen MR) is 70.5 cm³/mol. The highest BCUT2D eigenvalue weighted by Crippen LogP contribution is 2.06. The number of amides is 3. The van der Waals surface area contributed by atoms with Gasteiger partial charge in [-0.15, -0.1) is 0 Å². The zero-order valence-corrected chi connectivity index (χ0v) is 11.7. The topological polar surface area (TPSA) is 96.5 Å². The summed E-state index contributed by atoms with van der Waals surface area (Å²) in [6.45, 7) is 6.40. The van der Waals surface area contributed by atoms with Crippen LogP contribution >= 0.6 is 0 Å². The van der Waals surface area contributed by atoms with Crippen LogP contribution in [0, 0.1) is 0 Å². The molecule has 0 saturated heterocycles. The third kappa shape index (κ3) is 12.5. The van der Waals surface area contributed by atoms with E-state index in [-0.39, 0.29) is 12.5 Å². The molecule has 0 bridgehead atoms. The van der Waals surface area contributed by atoms with Crippen LogP contribution in [0.15, 0.2) is 0 Å². The number of hydrogen-bond donors (Lipinski definition) is 3. The minimum atomic E-state index is -0.496. The van der Waals surface area contributed by atoms with E-state index < -0.39 is 11.7 Å². The molecule has 0 aliphatic carbocycles. The van der Waals surface area contributed by atoms with E-state index in [9.17, 15) is 14.4 Å². The van der Waals surface area contributed by atoms with Gasteiger partial charge in [-0.05, 0) is 33.6 Å². The summed E-state index contributed by atoms with van der Waals surface area (Å²) in [5, 5.41) is 7.54. The van der Waals surface area contributed by atoms with Gasteiger partial charge in [0.1, 0.15) is 5.60 Å². The Labute approximate surface area is 113 Å². The van der Waals surface area contributed by atoms with E-state index in [0.717, 1.165) is 12.8 Å². The summed E-state index contributed by atoms with van der Waals surface area (Å²) in [5.74, 6) is -0.229. The first-order valence-corrected chi connectivity index (χ1v) is 6.26. The lowest BCUT2D eigenvalue weighted by Gasteiger charge is -2.19. The summed E-state index contributed by atoms with van der Waals surface area (Å²) < 4.78 is 5.07. The zero-order valence-electron chi connectivity index (χ0n) is 11.7. The normalized spacial score (nSPS) is 10.5. The monoisotopic (exact) mass is 273 g/mol. The summed E-state index contributed by atoms with van der Waals surface area (Å²) >= 11 is 0. The molecule has 0 atom stereocenters. The molecule has 0 unspecified atom stereocenters. The van der Waals surface area contributed by atoms with Crippen LogP contribution in [0.5, 0.6) is 0 Å². The molecular weight excluding hydrogens is 250 g/mol. The van der Waals surface area contributed by atoms with Gasteiger partial charge in [0.25, 0.3) is 0 Å². The van der Waals surface area contributed by atoms with Crippen molar-refractivity contribution < 1.29 is 19.1 Å². The van der Waals surface area contributed by atoms with Crippen LogP contribution in [-0.2, 0) is 14.3 Å². The van der Waals surface area contributed by atoms with Crippen LogP contribution in [0.25, 0.3) is 0 Å². The minimum Gasteiger partial charge on any atom is -0.444 e. The molecule has 0 aromatic heterocycles. The molecule has 7 nitrogen and oxygen atoms in total. The van der Waals surface area contributed by atoms with Crippen molar-refractivity contribution >= 4 is 18.4 Å². The summed E-state index contributed by atoms with van der Waals surface area (Å²) in [5.41, 5.74) is -0.496. The highest BCUT2D eigenvalue weighted by molar-refractivity contribution is 5.79. The molecule has 7 heteroatoms. The van der Waals surface area contributed by atoms with Gasteiger partial charge in [-0.1, -0.05) is 0 Å². The molecule has 0 rings (SSSR count). The number of carbonyl (C=O) groups is 3. The zero-order chi connectivity index (χ0) is 14.7. The van der Waals surface area contributed by atoms with Crippen LogP contribution < -0.4 is 16.0 Å². The maximum Gasteiger partial charge on any atom is 0.407 e. The lowest BCUT2D eigenvalue weighted by molar-refractivity contribution is -0.122. The van der Waals surface area contributed by atoms with Gasteiger partial charge in [0.2, 0.25) is 12.3 Å². The molecular formula is C12H23N3O4. The Kier molecular flexibility index (Phi) is 8.32. The number of nitrogens with one attached hydrogen (secondary N) is 3. The summed E-state index contributed by atoms with van der Waals surface area (Å²) in [6, 6.07) is 0. The maximum atomic E-state index is 11.3. The average molecular weight is 273 g/mol. The van der Waals surface area contributed by atoms with Crippen molar-refractivity contribution in [1.29, 1.82) is 0 Å². The highest BCUT2D eigenvalue weighted by atomic mass is 16.6. The van der Waals surface area contributed by atoms with E-state index in [1.165, 1.54) is 0 Å². The Balaban J connectivity index is 3.43. The average Bonchev–Trinajstić information content (AvgIpc) is 2.28. The van der Waals surface area contributed by atoms with Crippen molar-refractivity contribution in [3.63, 3.8) is 0 Å². The van der Waals surface area contributed by atoms with E-state index in [4.69, 9.17) is 4.74 Å². The molecule has 0 fully saturated rings. The first-order valence-electron chi connectivity index (χ1n) is 6.26. The molecule has 0 aromatic rings. The van der Waals surface area contributed by atoms with Crippen molar-refractivity contribution in [2.45, 2.75) is 39.2 Å². The summed E-state index contributed by atoms with van der Waals surface area (Å²) in [6.07, 6.45) is 1.51. The van der Waals surface area contributed by atoms with Gasteiger partial charge in [-0.3, -0.25) is 9.59 Å². The third-order valence-corrected chi connectivity index (χ3v) is 1.94. The maximum absolute atomic E-state index is 11.3. The van der Waals surface area contributed by atoms with Crippen molar-refractivity contribution in [3.8, 4) is 0 Å². The standard InChI is InChI=1S/C12H23N3O4/c1-12(2,3)19-11(18)15-7-5-4-6-14-10(17)8-13-9-16/h9H,4-8H2,1-3H3,(H,13,16)(H,14,17)(H,15,18). The second-order valence-corrected chi connectivity index (χ2v) is 4.98. The fourth-order valence-corrected chi connectivity index (χ4v) is 1.18. The molecule has 0 spiro atoms. The predicted octanol–water partition coefficient (Wildman–Crippen LogP) is 0.154. The molecule has 3 amide bonds. The quantitative estimate of drug-likeness (QED) is 0.433. The van der Waals surface area contributed by atoms with Crippen LogP contribution in [0.2, 0.25) is 0 Å². The van der Waals surface area contributed by atoms with E-state index in [1.807, 2.05) is 0 Å². The van der Waals surface area contributed by atoms with Gasteiger partial charge >= 0.3 is 6.09 Å². The van der Waals surface area contributed by atoms with Crippen molar-refractivity contribution in [2.24, 2.45) is 0 Å². The molecule has 0 aliphatic rings. The fraction of sp³-hybridized carbons (Fsp3) is 0.750. The highest BCUT2D eigenvalue weighted by Gasteiger charge is 2.15. The van der Waals surface area contributed by atoms with Crippen molar-refractivity contribution in [3.05, 3.63) is 0 Å². The molecule has 3 N–H and O–H groups in total. The first kappa shape index (κ1) is 17.2.